The topological polar surface area (TPSA) is 12.0 Å². The van der Waals surface area contributed by atoms with Gasteiger partial charge in [0.25, 0.3) is 0 Å². The molecular weight excluding hydrogens is 245 g/mol. The third kappa shape index (κ3) is 3.65. The summed E-state index contributed by atoms with van der Waals surface area (Å²) >= 11 is 1.78. The molecular formula is C15H18FNS. The maximum Gasteiger partial charge on any atom is 0.123 e. The minimum Gasteiger partial charge on any atom is -0.310 e. The lowest BCUT2D eigenvalue weighted by Gasteiger charge is -2.14. The van der Waals surface area contributed by atoms with Crippen LogP contribution < -0.4 is 5.32 Å². The molecule has 3 heteroatoms. The molecule has 2 rings (SSSR count). The molecule has 1 atom stereocenters. The van der Waals surface area contributed by atoms with Crippen molar-refractivity contribution in [2.75, 3.05) is 0 Å². The van der Waals surface area contributed by atoms with Crippen LogP contribution in [0.3, 0.4) is 0 Å². The first kappa shape index (κ1) is 13.2. The third-order valence-corrected chi connectivity index (χ3v) is 3.94. The first-order valence-electron chi connectivity index (χ1n) is 6.16. The predicted octanol–water partition coefficient (Wildman–Crippen LogP) is 3.92. The molecule has 0 aliphatic carbocycles. The molecule has 0 amide bonds. The number of benzene rings is 1. The van der Waals surface area contributed by atoms with Gasteiger partial charge >= 0.3 is 0 Å². The average Bonchev–Trinajstić information content (AvgIpc) is 2.83. The van der Waals surface area contributed by atoms with Gasteiger partial charge in [0.1, 0.15) is 5.82 Å². The smallest absolute Gasteiger partial charge is 0.123 e. The van der Waals surface area contributed by atoms with Crippen LogP contribution in [0.25, 0.3) is 0 Å². The predicted molar refractivity (Wildman–Crippen MR) is 75.5 cm³/mol. The van der Waals surface area contributed by atoms with Gasteiger partial charge in [-0.05, 0) is 55.0 Å². The van der Waals surface area contributed by atoms with E-state index in [1.807, 2.05) is 13.0 Å². The largest absolute Gasteiger partial charge is 0.310 e. The molecule has 0 saturated carbocycles. The molecule has 1 heterocycles. The third-order valence-electron chi connectivity index (χ3n) is 3.04. The maximum atomic E-state index is 13.2. The molecule has 0 radical (unpaired) electrons. The van der Waals surface area contributed by atoms with Crippen molar-refractivity contribution in [3.8, 4) is 0 Å². The molecule has 18 heavy (non-hydrogen) atoms. The molecule has 1 aromatic heterocycles. The van der Waals surface area contributed by atoms with Crippen molar-refractivity contribution in [1.29, 1.82) is 0 Å². The Morgan fingerprint density at radius 1 is 1.33 bits per heavy atom. The molecule has 0 saturated heterocycles. The van der Waals surface area contributed by atoms with Crippen molar-refractivity contribution < 1.29 is 4.39 Å². The number of aryl methyl sites for hydroxylation is 1. The lowest BCUT2D eigenvalue weighted by molar-refractivity contribution is 0.544. The maximum absolute atomic E-state index is 13.2. The van der Waals surface area contributed by atoms with Crippen LogP contribution in [0.15, 0.2) is 35.7 Å². The fraction of sp³-hybridized carbons (Fsp3) is 0.333. The molecule has 2 aromatic rings. The standard InChI is InChI=1S/C15H18FNS/c1-11-5-6-14(16)9-13(11)10-17-12(2)8-15-4-3-7-18-15/h3-7,9,12,17H,8,10H2,1-2H3. The lowest BCUT2D eigenvalue weighted by Crippen LogP contribution is -2.27. The molecule has 0 fully saturated rings. The van der Waals surface area contributed by atoms with Crippen molar-refractivity contribution in [3.05, 3.63) is 57.5 Å². The minimum absolute atomic E-state index is 0.164. The monoisotopic (exact) mass is 263 g/mol. The second-order valence-corrected chi connectivity index (χ2v) is 5.67. The van der Waals surface area contributed by atoms with E-state index in [0.29, 0.717) is 6.04 Å². The minimum atomic E-state index is -0.164. The Bertz CT molecular complexity index is 493. The zero-order valence-corrected chi connectivity index (χ0v) is 11.6. The van der Waals surface area contributed by atoms with Crippen LogP contribution in [0.1, 0.15) is 22.9 Å². The van der Waals surface area contributed by atoms with Gasteiger partial charge in [-0.2, -0.15) is 0 Å². The van der Waals surface area contributed by atoms with E-state index < -0.39 is 0 Å². The van der Waals surface area contributed by atoms with Gasteiger partial charge in [0.05, 0.1) is 0 Å². The van der Waals surface area contributed by atoms with Gasteiger partial charge < -0.3 is 5.32 Å². The Morgan fingerprint density at radius 2 is 2.17 bits per heavy atom. The van der Waals surface area contributed by atoms with Crippen LogP contribution in [0.4, 0.5) is 4.39 Å². The highest BCUT2D eigenvalue weighted by atomic mass is 32.1. The molecule has 1 aromatic carbocycles. The summed E-state index contributed by atoms with van der Waals surface area (Å²) in [6.07, 6.45) is 1.02. The van der Waals surface area contributed by atoms with Gasteiger partial charge in [-0.15, -0.1) is 11.3 Å². The SMILES string of the molecule is Cc1ccc(F)cc1CNC(C)Cc1cccs1. The van der Waals surface area contributed by atoms with Crippen LogP contribution in [0, 0.1) is 12.7 Å². The number of hydrogen-bond donors (Lipinski definition) is 1. The average molecular weight is 263 g/mol. The highest BCUT2D eigenvalue weighted by Crippen LogP contribution is 2.13. The highest BCUT2D eigenvalue weighted by Gasteiger charge is 2.06. The van der Waals surface area contributed by atoms with Crippen LogP contribution in [-0.4, -0.2) is 6.04 Å². The molecule has 0 aliphatic rings. The summed E-state index contributed by atoms with van der Waals surface area (Å²) in [5.41, 5.74) is 2.17. The quantitative estimate of drug-likeness (QED) is 0.862. The van der Waals surface area contributed by atoms with Gasteiger partial charge in [0, 0.05) is 17.5 Å². The van der Waals surface area contributed by atoms with E-state index in [1.165, 1.54) is 10.9 Å². The van der Waals surface area contributed by atoms with Crippen LogP contribution in [0.2, 0.25) is 0 Å². The van der Waals surface area contributed by atoms with E-state index in [4.69, 9.17) is 0 Å². The summed E-state index contributed by atoms with van der Waals surface area (Å²) in [7, 11) is 0. The fourth-order valence-electron chi connectivity index (χ4n) is 1.92. The summed E-state index contributed by atoms with van der Waals surface area (Å²) in [6.45, 7) is 4.89. The van der Waals surface area contributed by atoms with Crippen LogP contribution >= 0.6 is 11.3 Å². The van der Waals surface area contributed by atoms with E-state index in [9.17, 15) is 4.39 Å². The fourth-order valence-corrected chi connectivity index (χ4v) is 2.75. The van der Waals surface area contributed by atoms with Gasteiger partial charge in [0.2, 0.25) is 0 Å². The molecule has 0 aliphatic heterocycles. The number of thiophene rings is 1. The molecule has 96 valence electrons. The normalized spacial score (nSPS) is 12.6. The Morgan fingerprint density at radius 3 is 2.89 bits per heavy atom. The first-order valence-corrected chi connectivity index (χ1v) is 7.04. The molecule has 1 N–H and O–H groups in total. The molecule has 1 unspecified atom stereocenters. The van der Waals surface area contributed by atoms with Gasteiger partial charge in [-0.1, -0.05) is 12.1 Å². The van der Waals surface area contributed by atoms with Gasteiger partial charge in [-0.25, -0.2) is 4.39 Å². The Kier molecular flexibility index (Phi) is 4.50. The zero-order chi connectivity index (χ0) is 13.0. The van der Waals surface area contributed by atoms with Crippen molar-refractivity contribution in [2.45, 2.75) is 32.9 Å². The first-order chi connectivity index (χ1) is 8.65. The van der Waals surface area contributed by atoms with Crippen LogP contribution in [-0.2, 0) is 13.0 Å². The Hall–Kier alpha value is -1.19. The number of nitrogens with one attached hydrogen (secondary N) is 1. The molecule has 0 spiro atoms. The molecule has 1 nitrogen and oxygen atoms in total. The highest BCUT2D eigenvalue weighted by molar-refractivity contribution is 7.09. The van der Waals surface area contributed by atoms with E-state index in [0.717, 1.165) is 24.1 Å². The lowest BCUT2D eigenvalue weighted by atomic mass is 10.1. The van der Waals surface area contributed by atoms with Gasteiger partial charge in [-0.3, -0.25) is 0 Å². The number of halogens is 1. The van der Waals surface area contributed by atoms with E-state index in [2.05, 4.69) is 29.8 Å². The Balaban J connectivity index is 1.89. The number of rotatable bonds is 5. The summed E-state index contributed by atoms with van der Waals surface area (Å²) in [5.74, 6) is -0.164. The van der Waals surface area contributed by atoms with Crippen LogP contribution in [0.5, 0.6) is 0 Å². The van der Waals surface area contributed by atoms with Gasteiger partial charge in [0.15, 0.2) is 0 Å². The summed E-state index contributed by atoms with van der Waals surface area (Å²) in [4.78, 5) is 1.38. The second kappa shape index (κ2) is 6.12. The van der Waals surface area contributed by atoms with E-state index in [1.54, 1.807) is 17.4 Å². The van der Waals surface area contributed by atoms with E-state index in [-0.39, 0.29) is 5.82 Å². The van der Waals surface area contributed by atoms with Crippen molar-refractivity contribution in [3.63, 3.8) is 0 Å². The summed E-state index contributed by atoms with van der Waals surface area (Å²) in [5, 5.41) is 5.54. The Labute approximate surface area is 112 Å². The second-order valence-electron chi connectivity index (χ2n) is 4.64. The van der Waals surface area contributed by atoms with Crippen molar-refractivity contribution >= 4 is 11.3 Å². The number of hydrogen-bond acceptors (Lipinski definition) is 2. The van der Waals surface area contributed by atoms with Crippen molar-refractivity contribution in [2.24, 2.45) is 0 Å². The summed E-state index contributed by atoms with van der Waals surface area (Å²) < 4.78 is 13.2. The van der Waals surface area contributed by atoms with E-state index >= 15 is 0 Å². The zero-order valence-electron chi connectivity index (χ0n) is 10.7. The molecule has 0 bridgehead atoms. The van der Waals surface area contributed by atoms with Crippen molar-refractivity contribution in [1.82, 2.24) is 5.32 Å². The summed E-state index contributed by atoms with van der Waals surface area (Å²) in [6, 6.07) is 9.57.